The van der Waals surface area contributed by atoms with E-state index in [1.807, 2.05) is 26.3 Å². The second kappa shape index (κ2) is 8.53. The van der Waals surface area contributed by atoms with Crippen LogP contribution in [0.25, 0.3) is 16.9 Å². The van der Waals surface area contributed by atoms with Gasteiger partial charge in [0, 0.05) is 38.0 Å². The molecule has 1 aliphatic rings. The minimum absolute atomic E-state index is 0.00333. The lowest BCUT2D eigenvalue weighted by molar-refractivity contribution is -0.127. The first kappa shape index (κ1) is 18.6. The summed E-state index contributed by atoms with van der Waals surface area (Å²) in [6.45, 7) is 2.66. The minimum atomic E-state index is 0.00333. The molecule has 3 aromatic heterocycles. The molecular formula is C18H23N7O2S. The van der Waals surface area contributed by atoms with Gasteiger partial charge in [-0.15, -0.1) is 0 Å². The Morgan fingerprint density at radius 3 is 2.93 bits per heavy atom. The van der Waals surface area contributed by atoms with Crippen molar-refractivity contribution in [1.29, 1.82) is 0 Å². The molecule has 0 aromatic carbocycles. The van der Waals surface area contributed by atoms with Gasteiger partial charge in [-0.25, -0.2) is 4.98 Å². The molecule has 4 rings (SSSR count). The number of hydrogen-bond donors (Lipinski definition) is 3. The maximum atomic E-state index is 11.7. The zero-order valence-electron chi connectivity index (χ0n) is 15.5. The smallest absolute Gasteiger partial charge is 0.226 e. The van der Waals surface area contributed by atoms with E-state index in [1.165, 1.54) is 0 Å². The maximum absolute atomic E-state index is 11.7. The number of anilines is 2. The van der Waals surface area contributed by atoms with Crippen molar-refractivity contribution in [2.75, 3.05) is 43.4 Å². The molecule has 0 atom stereocenters. The molecule has 9 nitrogen and oxygen atoms in total. The van der Waals surface area contributed by atoms with Gasteiger partial charge in [0.1, 0.15) is 6.33 Å². The van der Waals surface area contributed by atoms with Crippen molar-refractivity contribution in [3.63, 3.8) is 0 Å². The van der Waals surface area contributed by atoms with Crippen molar-refractivity contribution in [3.8, 4) is 5.69 Å². The molecule has 10 heteroatoms. The average molecular weight is 401 g/mol. The molecule has 1 saturated heterocycles. The molecule has 0 bridgehead atoms. The Morgan fingerprint density at radius 1 is 1.25 bits per heavy atom. The topological polar surface area (TPSA) is 108 Å². The lowest BCUT2D eigenvalue weighted by Crippen LogP contribution is -2.27. The van der Waals surface area contributed by atoms with Gasteiger partial charge in [-0.05, 0) is 24.3 Å². The van der Waals surface area contributed by atoms with Crippen LogP contribution in [0.2, 0.25) is 0 Å². The van der Waals surface area contributed by atoms with Crippen molar-refractivity contribution in [2.24, 2.45) is 0 Å². The Labute approximate surface area is 166 Å². The van der Waals surface area contributed by atoms with E-state index in [-0.39, 0.29) is 12.5 Å². The molecule has 1 amide bonds. The summed E-state index contributed by atoms with van der Waals surface area (Å²) in [6.07, 6.45) is 4.18. The molecular weight excluding hydrogens is 378 g/mol. The number of nitrogens with one attached hydrogen (secondary N) is 2. The molecule has 0 radical (unpaired) electrons. The van der Waals surface area contributed by atoms with Crippen LogP contribution < -0.4 is 10.6 Å². The third-order valence-electron chi connectivity index (χ3n) is 4.64. The van der Waals surface area contributed by atoms with Crippen molar-refractivity contribution in [3.05, 3.63) is 23.2 Å². The molecule has 28 heavy (non-hydrogen) atoms. The summed E-state index contributed by atoms with van der Waals surface area (Å²) >= 11 is 1.61. The number of rotatable bonds is 9. The highest BCUT2D eigenvalue weighted by atomic mass is 32.1. The van der Waals surface area contributed by atoms with Crippen molar-refractivity contribution in [2.45, 2.75) is 19.3 Å². The third kappa shape index (κ3) is 3.92. The summed E-state index contributed by atoms with van der Waals surface area (Å²) in [7, 11) is 0. The predicted octanol–water partition coefficient (Wildman–Crippen LogP) is 1.71. The summed E-state index contributed by atoms with van der Waals surface area (Å²) in [4.78, 5) is 27.2. The summed E-state index contributed by atoms with van der Waals surface area (Å²) in [5.41, 5.74) is 2.36. The summed E-state index contributed by atoms with van der Waals surface area (Å²) < 4.78 is 1.92. The average Bonchev–Trinajstić information content (AvgIpc) is 3.44. The van der Waals surface area contributed by atoms with Gasteiger partial charge in [0.2, 0.25) is 11.9 Å². The van der Waals surface area contributed by atoms with Gasteiger partial charge in [0.05, 0.1) is 12.3 Å². The maximum Gasteiger partial charge on any atom is 0.226 e. The van der Waals surface area contributed by atoms with Gasteiger partial charge in [-0.1, -0.05) is 0 Å². The fraction of sp³-hybridized carbons (Fsp3) is 0.444. The SMILES string of the molecule is O=C1CCCN1CCCNc1nc(NCCO)c2ncn(-c3ccsc3)c2n1. The quantitative estimate of drug-likeness (QED) is 0.468. The number of carbonyl (C=O) groups excluding carboxylic acids is 1. The van der Waals surface area contributed by atoms with E-state index in [2.05, 4.69) is 25.6 Å². The third-order valence-corrected chi connectivity index (χ3v) is 5.31. The Hall–Kier alpha value is -2.72. The minimum Gasteiger partial charge on any atom is -0.395 e. The Bertz CT molecular complexity index is 941. The van der Waals surface area contributed by atoms with Crippen LogP contribution in [0.5, 0.6) is 0 Å². The van der Waals surface area contributed by atoms with E-state index in [1.54, 1.807) is 17.7 Å². The molecule has 148 valence electrons. The second-order valence-corrected chi connectivity index (χ2v) is 7.36. The Balaban J connectivity index is 1.51. The standard InChI is InChI=1S/C18H23N7O2S/c26-9-6-19-16-15-17(25(12-21-15)13-4-10-28-11-13)23-18(22-16)20-5-2-8-24-7-1-3-14(24)27/h4,10-12,26H,1-3,5-9H2,(H2,19,20,22,23). The fourth-order valence-corrected chi connectivity index (χ4v) is 3.90. The summed E-state index contributed by atoms with van der Waals surface area (Å²) in [5, 5.41) is 19.5. The van der Waals surface area contributed by atoms with E-state index in [9.17, 15) is 4.79 Å². The number of aliphatic hydroxyl groups excluding tert-OH is 1. The van der Waals surface area contributed by atoms with Crippen LogP contribution in [-0.4, -0.2) is 68.2 Å². The number of carbonyl (C=O) groups is 1. The van der Waals surface area contributed by atoms with Gasteiger partial charge in [0.25, 0.3) is 0 Å². The van der Waals surface area contributed by atoms with Crippen LogP contribution in [0.4, 0.5) is 11.8 Å². The zero-order chi connectivity index (χ0) is 19.3. The van der Waals surface area contributed by atoms with Gasteiger partial charge in [-0.2, -0.15) is 21.3 Å². The van der Waals surface area contributed by atoms with Gasteiger partial charge >= 0.3 is 0 Å². The first-order chi connectivity index (χ1) is 13.8. The van der Waals surface area contributed by atoms with Crippen molar-refractivity contribution < 1.29 is 9.90 Å². The van der Waals surface area contributed by atoms with Crippen molar-refractivity contribution in [1.82, 2.24) is 24.4 Å². The number of aliphatic hydroxyl groups is 1. The predicted molar refractivity (Wildman–Crippen MR) is 109 cm³/mol. The highest BCUT2D eigenvalue weighted by Crippen LogP contribution is 2.24. The number of thiophene rings is 1. The van der Waals surface area contributed by atoms with Crippen LogP contribution in [-0.2, 0) is 4.79 Å². The molecule has 4 heterocycles. The lowest BCUT2D eigenvalue weighted by atomic mass is 10.4. The fourth-order valence-electron chi connectivity index (χ4n) is 3.27. The van der Waals surface area contributed by atoms with E-state index in [0.717, 1.165) is 31.6 Å². The molecule has 1 fully saturated rings. The van der Waals surface area contributed by atoms with E-state index < -0.39 is 0 Å². The highest BCUT2D eigenvalue weighted by molar-refractivity contribution is 7.08. The van der Waals surface area contributed by atoms with Crippen LogP contribution in [0.3, 0.4) is 0 Å². The summed E-state index contributed by atoms with van der Waals surface area (Å²) in [5.74, 6) is 1.33. The number of imidazole rings is 1. The number of amides is 1. The number of fused-ring (bicyclic) bond motifs is 1. The number of likely N-dealkylation sites (tertiary alicyclic amines) is 1. The summed E-state index contributed by atoms with van der Waals surface area (Å²) in [6, 6.07) is 2.01. The van der Waals surface area contributed by atoms with Crippen LogP contribution in [0, 0.1) is 0 Å². The van der Waals surface area contributed by atoms with E-state index >= 15 is 0 Å². The molecule has 0 unspecified atom stereocenters. The van der Waals surface area contributed by atoms with Crippen LogP contribution in [0.1, 0.15) is 19.3 Å². The highest BCUT2D eigenvalue weighted by Gasteiger charge is 2.19. The van der Waals surface area contributed by atoms with E-state index in [0.29, 0.717) is 42.4 Å². The number of hydrogen-bond acceptors (Lipinski definition) is 8. The van der Waals surface area contributed by atoms with Crippen LogP contribution in [0.15, 0.2) is 23.2 Å². The Kier molecular flexibility index (Phi) is 5.68. The van der Waals surface area contributed by atoms with Crippen LogP contribution >= 0.6 is 11.3 Å². The van der Waals surface area contributed by atoms with Crippen molar-refractivity contribution >= 4 is 40.2 Å². The molecule has 3 N–H and O–H groups in total. The van der Waals surface area contributed by atoms with E-state index in [4.69, 9.17) is 5.11 Å². The zero-order valence-corrected chi connectivity index (χ0v) is 16.3. The largest absolute Gasteiger partial charge is 0.395 e. The van der Waals surface area contributed by atoms with Gasteiger partial charge < -0.3 is 20.6 Å². The van der Waals surface area contributed by atoms with Gasteiger partial charge in [0.15, 0.2) is 17.0 Å². The molecule has 0 saturated carbocycles. The Morgan fingerprint density at radius 2 is 2.18 bits per heavy atom. The number of nitrogens with zero attached hydrogens (tertiary/aromatic N) is 5. The molecule has 0 spiro atoms. The first-order valence-electron chi connectivity index (χ1n) is 9.40. The molecule has 3 aromatic rings. The normalized spacial score (nSPS) is 14.2. The molecule has 0 aliphatic carbocycles. The van der Waals surface area contributed by atoms with Gasteiger partial charge in [-0.3, -0.25) is 9.36 Å². The second-order valence-electron chi connectivity index (χ2n) is 6.58. The number of aromatic nitrogens is 4. The monoisotopic (exact) mass is 401 g/mol. The lowest BCUT2D eigenvalue weighted by Gasteiger charge is -2.15. The molecule has 1 aliphatic heterocycles. The first-order valence-corrected chi connectivity index (χ1v) is 10.3.